The molecule has 0 unspecified atom stereocenters. The third kappa shape index (κ3) is 12.2. The first-order valence-corrected chi connectivity index (χ1v) is 19.9. The van der Waals surface area contributed by atoms with Crippen molar-refractivity contribution < 1.29 is 39.1 Å². The summed E-state index contributed by atoms with van der Waals surface area (Å²) < 4.78 is 16.8. The fraction of sp³-hybridized carbons (Fsp3) is 0.532. The van der Waals surface area contributed by atoms with Crippen LogP contribution in [0, 0.1) is 34.5 Å². The minimum atomic E-state index is -0.849. The van der Waals surface area contributed by atoms with E-state index in [1.807, 2.05) is 48.5 Å². The normalized spacial score (nSPS) is 25.1. The molecule has 0 bridgehead atoms. The van der Waals surface area contributed by atoms with Gasteiger partial charge >= 0.3 is 11.9 Å². The van der Waals surface area contributed by atoms with Gasteiger partial charge in [-0.1, -0.05) is 48.3 Å². The maximum Gasteiger partial charge on any atom is 0.307 e. The highest BCUT2D eigenvalue weighted by atomic mass is 16.5. The summed E-state index contributed by atoms with van der Waals surface area (Å²) in [4.78, 5) is 22.6. The lowest BCUT2D eigenvalue weighted by Crippen LogP contribution is -2.21. The molecule has 2 saturated carbocycles. The van der Waals surface area contributed by atoms with E-state index in [2.05, 4.69) is 35.8 Å². The molecule has 55 heavy (non-hydrogen) atoms. The second-order valence-electron chi connectivity index (χ2n) is 15.8. The van der Waals surface area contributed by atoms with Gasteiger partial charge in [0, 0.05) is 0 Å². The molecule has 4 aliphatic carbocycles. The van der Waals surface area contributed by atoms with Crippen LogP contribution in [0.2, 0.25) is 0 Å². The SMILES string of the molecule is CC#C[C@@H](CC(=O)O)c1ccc(OCC2=C[C@]3(CCC2)CC[C@@H](O)C3)cc1.CC#C[C@@H](CC(=O)OC)c1ccc(OCC2=C[C@]3(CCC2)CC[C@@H](O)C3)cc1. The number of aliphatic carboxylic acids is 1. The van der Waals surface area contributed by atoms with E-state index in [4.69, 9.17) is 19.3 Å². The summed E-state index contributed by atoms with van der Waals surface area (Å²) in [6.45, 7) is 4.66. The first-order chi connectivity index (χ1) is 26.5. The number of methoxy groups -OCH3 is 1. The monoisotopic (exact) mass is 750 g/mol. The number of ether oxygens (including phenoxy) is 3. The van der Waals surface area contributed by atoms with E-state index in [0.717, 1.165) is 80.4 Å². The van der Waals surface area contributed by atoms with E-state index in [1.165, 1.54) is 37.5 Å². The zero-order valence-electron chi connectivity index (χ0n) is 32.8. The molecule has 0 aliphatic heterocycles. The molecule has 8 heteroatoms. The maximum absolute atomic E-state index is 11.6. The van der Waals surface area contributed by atoms with Crippen LogP contribution < -0.4 is 9.47 Å². The first-order valence-electron chi connectivity index (χ1n) is 19.9. The van der Waals surface area contributed by atoms with Crippen molar-refractivity contribution in [1.82, 2.24) is 0 Å². The van der Waals surface area contributed by atoms with Gasteiger partial charge in [0.2, 0.25) is 0 Å². The Morgan fingerprint density at radius 1 is 0.709 bits per heavy atom. The first kappa shape index (κ1) is 41.7. The molecule has 8 nitrogen and oxygen atoms in total. The Labute approximate surface area is 327 Å². The summed E-state index contributed by atoms with van der Waals surface area (Å²) in [5.74, 6) is 11.8. The summed E-state index contributed by atoms with van der Waals surface area (Å²) in [5, 5.41) is 28.9. The Kier molecular flexibility index (Phi) is 15.1. The van der Waals surface area contributed by atoms with Crippen LogP contribution in [0.5, 0.6) is 11.5 Å². The Bertz CT molecular complexity index is 1790. The van der Waals surface area contributed by atoms with Crippen molar-refractivity contribution in [3.05, 3.63) is 83.0 Å². The predicted molar refractivity (Wildman–Crippen MR) is 214 cm³/mol. The maximum atomic E-state index is 11.6. The third-order valence-corrected chi connectivity index (χ3v) is 11.6. The molecule has 3 N–H and O–H groups in total. The molecule has 294 valence electrons. The van der Waals surface area contributed by atoms with Crippen LogP contribution in [0.15, 0.2) is 71.8 Å². The third-order valence-electron chi connectivity index (χ3n) is 11.6. The summed E-state index contributed by atoms with van der Waals surface area (Å²) in [7, 11) is 1.39. The zero-order valence-corrected chi connectivity index (χ0v) is 32.8. The molecule has 2 fully saturated rings. The van der Waals surface area contributed by atoms with E-state index in [0.29, 0.717) is 13.2 Å². The van der Waals surface area contributed by atoms with Crippen molar-refractivity contribution in [2.45, 2.75) is 128 Å². The van der Waals surface area contributed by atoms with Gasteiger partial charge in [0.1, 0.15) is 24.7 Å². The smallest absolute Gasteiger partial charge is 0.307 e. The molecule has 2 aromatic rings. The number of carbonyl (C=O) groups is 2. The van der Waals surface area contributed by atoms with Crippen LogP contribution >= 0.6 is 0 Å². The van der Waals surface area contributed by atoms with Gasteiger partial charge in [-0.3, -0.25) is 9.59 Å². The van der Waals surface area contributed by atoms with E-state index >= 15 is 0 Å². The highest BCUT2D eigenvalue weighted by Gasteiger charge is 2.39. The number of hydrogen-bond acceptors (Lipinski definition) is 7. The average molecular weight is 751 g/mol. The zero-order chi connectivity index (χ0) is 39.3. The molecule has 2 aromatic carbocycles. The molecule has 0 radical (unpaired) electrons. The van der Waals surface area contributed by atoms with Crippen LogP contribution in [-0.2, 0) is 14.3 Å². The number of carboxylic acid groups (broad SMARTS) is 1. The topological polar surface area (TPSA) is 123 Å². The molecule has 2 spiro atoms. The largest absolute Gasteiger partial charge is 0.489 e. The summed E-state index contributed by atoms with van der Waals surface area (Å²) in [6.07, 6.45) is 17.3. The van der Waals surface area contributed by atoms with Gasteiger partial charge in [-0.25, -0.2) is 0 Å². The highest BCUT2D eigenvalue weighted by molar-refractivity contribution is 5.71. The van der Waals surface area contributed by atoms with Crippen LogP contribution in [0.4, 0.5) is 0 Å². The fourth-order valence-corrected chi connectivity index (χ4v) is 8.91. The number of aliphatic hydroxyl groups excluding tert-OH is 2. The molecule has 0 saturated heterocycles. The van der Waals surface area contributed by atoms with Gasteiger partial charge in [0.05, 0.1) is 44.0 Å². The van der Waals surface area contributed by atoms with E-state index in [-0.39, 0.29) is 53.7 Å². The van der Waals surface area contributed by atoms with Crippen LogP contribution in [0.3, 0.4) is 0 Å². The van der Waals surface area contributed by atoms with Gasteiger partial charge in [0.25, 0.3) is 0 Å². The van der Waals surface area contributed by atoms with Crippen molar-refractivity contribution in [3.8, 4) is 35.2 Å². The summed E-state index contributed by atoms with van der Waals surface area (Å²) in [6, 6.07) is 15.4. The van der Waals surface area contributed by atoms with Crippen molar-refractivity contribution in [1.29, 1.82) is 0 Å². The summed E-state index contributed by atoms with van der Waals surface area (Å²) >= 11 is 0. The number of benzene rings is 2. The van der Waals surface area contributed by atoms with Gasteiger partial charge in [-0.15, -0.1) is 11.8 Å². The number of hydrogen-bond donors (Lipinski definition) is 3. The quantitative estimate of drug-likeness (QED) is 0.112. The van der Waals surface area contributed by atoms with Gasteiger partial charge in [0.15, 0.2) is 0 Å². The second-order valence-corrected chi connectivity index (χ2v) is 15.8. The second kappa shape index (κ2) is 19.9. The number of rotatable bonds is 12. The number of carboxylic acids is 1. The molecule has 0 aromatic heterocycles. The lowest BCUT2D eigenvalue weighted by Gasteiger charge is -2.31. The van der Waals surface area contributed by atoms with Crippen molar-refractivity contribution in [2.75, 3.05) is 20.3 Å². The van der Waals surface area contributed by atoms with Crippen molar-refractivity contribution >= 4 is 11.9 Å². The van der Waals surface area contributed by atoms with E-state index < -0.39 is 5.97 Å². The lowest BCUT2D eigenvalue weighted by atomic mass is 9.75. The average Bonchev–Trinajstić information content (AvgIpc) is 3.72. The molecular formula is C47H58O8. The molecule has 6 atom stereocenters. The van der Waals surface area contributed by atoms with Crippen molar-refractivity contribution in [2.24, 2.45) is 10.8 Å². The minimum Gasteiger partial charge on any atom is -0.489 e. The van der Waals surface area contributed by atoms with Crippen LogP contribution in [-0.4, -0.2) is 59.8 Å². The van der Waals surface area contributed by atoms with Gasteiger partial charge < -0.3 is 29.5 Å². The number of esters is 1. The van der Waals surface area contributed by atoms with E-state index in [1.54, 1.807) is 13.8 Å². The van der Waals surface area contributed by atoms with Crippen LogP contribution in [0.1, 0.15) is 127 Å². The molecule has 4 aliphatic rings. The number of carbonyl (C=O) groups excluding carboxylic acids is 1. The Balaban J connectivity index is 0.000000211. The fourth-order valence-electron chi connectivity index (χ4n) is 8.91. The molecule has 0 heterocycles. The Morgan fingerprint density at radius 3 is 1.51 bits per heavy atom. The van der Waals surface area contributed by atoms with E-state index in [9.17, 15) is 19.8 Å². The molecule has 6 rings (SSSR count). The Morgan fingerprint density at radius 2 is 1.15 bits per heavy atom. The predicted octanol–water partition coefficient (Wildman–Crippen LogP) is 8.67. The van der Waals surface area contributed by atoms with Gasteiger partial charge in [-0.05, 0) is 148 Å². The Hall–Kier alpha value is -4.50. The van der Waals surface area contributed by atoms with Gasteiger partial charge in [-0.2, -0.15) is 0 Å². The number of allylic oxidation sites excluding steroid dienone is 2. The number of aliphatic hydroxyl groups is 2. The molecule has 0 amide bonds. The molecular weight excluding hydrogens is 693 g/mol. The van der Waals surface area contributed by atoms with Crippen molar-refractivity contribution in [3.63, 3.8) is 0 Å². The van der Waals surface area contributed by atoms with Crippen LogP contribution in [0.25, 0.3) is 0 Å². The lowest BCUT2D eigenvalue weighted by molar-refractivity contribution is -0.141. The standard InChI is InChI=1S/C24H30O4.C23H28O4/c1-3-5-20(14-23(26)27-2)19-7-9-22(10-8-19)28-17-18-6-4-12-24(15-18)13-11-21(25)16-24;1-2-4-19(13-22(25)26)18-6-8-21(9-7-18)27-16-17-5-3-11-23(14-17)12-10-20(24)15-23/h7-10,15,20-21,25H,4,6,11-14,16-17H2,1-2H3;6-9,14,19-20,24H,3,5,10-13,15-16H2,1H3,(H,25,26)/t20-,21+,24-;19-,20+,23-/m00/s1. The highest BCUT2D eigenvalue weighted by Crippen LogP contribution is 2.48. The minimum absolute atomic E-state index is 0.00185. The summed E-state index contributed by atoms with van der Waals surface area (Å²) in [5.41, 5.74) is 4.92.